The van der Waals surface area contributed by atoms with Gasteiger partial charge < -0.3 is 10.2 Å². The Kier molecular flexibility index (Phi) is 5.57. The van der Waals surface area contributed by atoms with E-state index in [2.05, 4.69) is 6.92 Å². The molecule has 0 saturated heterocycles. The molecule has 0 saturated carbocycles. The van der Waals surface area contributed by atoms with Crippen molar-refractivity contribution in [1.82, 2.24) is 0 Å². The van der Waals surface area contributed by atoms with Gasteiger partial charge in [-0.2, -0.15) is 0 Å². The first-order valence-corrected chi connectivity index (χ1v) is 5.30. The fraction of sp³-hybridized carbons (Fsp3) is 1.00. The topological polar surface area (TPSA) is 40.5 Å². The van der Waals surface area contributed by atoms with Crippen LogP contribution in [0.3, 0.4) is 0 Å². The highest BCUT2D eigenvalue weighted by atomic mass is 16.3. The first-order valence-electron chi connectivity index (χ1n) is 5.30. The largest absolute Gasteiger partial charge is 0.393 e. The Bertz CT molecular complexity index is 130. The van der Waals surface area contributed by atoms with Crippen LogP contribution in [0, 0.1) is 5.92 Å². The van der Waals surface area contributed by atoms with E-state index in [-0.39, 0.29) is 12.0 Å². The van der Waals surface area contributed by atoms with E-state index in [1.54, 1.807) is 0 Å². The lowest BCUT2D eigenvalue weighted by Crippen LogP contribution is -2.32. The van der Waals surface area contributed by atoms with Crippen LogP contribution in [0.15, 0.2) is 0 Å². The van der Waals surface area contributed by atoms with Crippen LogP contribution in [-0.2, 0) is 0 Å². The van der Waals surface area contributed by atoms with Crippen molar-refractivity contribution in [3.8, 4) is 0 Å². The summed E-state index contributed by atoms with van der Waals surface area (Å²) in [5.41, 5.74) is -0.630. The molecule has 2 atom stereocenters. The van der Waals surface area contributed by atoms with E-state index in [1.807, 2.05) is 20.8 Å². The smallest absolute Gasteiger partial charge is 0.0643 e. The minimum absolute atomic E-state index is 0.241. The molecule has 0 aromatic heterocycles. The monoisotopic (exact) mass is 188 g/mol. The quantitative estimate of drug-likeness (QED) is 0.671. The molecule has 0 aliphatic rings. The number of hydrogen-bond acceptors (Lipinski definition) is 2. The number of hydrogen-bond donors (Lipinski definition) is 2. The van der Waals surface area contributed by atoms with E-state index in [0.717, 1.165) is 12.8 Å². The van der Waals surface area contributed by atoms with Crippen LogP contribution in [0.4, 0.5) is 0 Å². The van der Waals surface area contributed by atoms with Crippen LogP contribution in [0.1, 0.15) is 53.4 Å². The molecular formula is C11H24O2. The van der Waals surface area contributed by atoms with Crippen molar-refractivity contribution in [1.29, 1.82) is 0 Å². The summed E-state index contributed by atoms with van der Waals surface area (Å²) in [5.74, 6) is 0.251. The molecule has 0 aromatic rings. The second-order valence-corrected chi connectivity index (χ2v) is 4.49. The fourth-order valence-electron chi connectivity index (χ4n) is 1.23. The van der Waals surface area contributed by atoms with Crippen molar-refractivity contribution in [3.05, 3.63) is 0 Å². The van der Waals surface area contributed by atoms with E-state index >= 15 is 0 Å². The van der Waals surface area contributed by atoms with Crippen molar-refractivity contribution in [2.75, 3.05) is 0 Å². The van der Waals surface area contributed by atoms with Crippen LogP contribution in [0.2, 0.25) is 0 Å². The van der Waals surface area contributed by atoms with Gasteiger partial charge >= 0.3 is 0 Å². The van der Waals surface area contributed by atoms with E-state index in [0.29, 0.717) is 12.8 Å². The van der Waals surface area contributed by atoms with Crippen molar-refractivity contribution < 1.29 is 10.2 Å². The molecule has 0 fully saturated rings. The zero-order valence-corrected chi connectivity index (χ0v) is 9.38. The average Bonchev–Trinajstić information content (AvgIpc) is 2.01. The lowest BCUT2D eigenvalue weighted by Gasteiger charge is -2.28. The Labute approximate surface area is 82.0 Å². The van der Waals surface area contributed by atoms with Crippen LogP contribution >= 0.6 is 0 Å². The molecule has 0 amide bonds. The molecule has 0 aliphatic heterocycles. The predicted molar refractivity (Wildman–Crippen MR) is 55.6 cm³/mol. The van der Waals surface area contributed by atoms with Gasteiger partial charge in [0.05, 0.1) is 11.7 Å². The minimum Gasteiger partial charge on any atom is -0.393 e. The van der Waals surface area contributed by atoms with Gasteiger partial charge in [-0.1, -0.05) is 27.2 Å². The molecule has 0 aliphatic carbocycles. The zero-order valence-electron chi connectivity index (χ0n) is 9.38. The van der Waals surface area contributed by atoms with Gasteiger partial charge in [0.2, 0.25) is 0 Å². The van der Waals surface area contributed by atoms with Crippen molar-refractivity contribution >= 4 is 0 Å². The fourth-order valence-corrected chi connectivity index (χ4v) is 1.23. The van der Waals surface area contributed by atoms with Crippen LogP contribution in [0.25, 0.3) is 0 Å². The van der Waals surface area contributed by atoms with Crippen molar-refractivity contribution in [2.45, 2.75) is 65.1 Å². The highest BCUT2D eigenvalue weighted by Gasteiger charge is 2.25. The summed E-state index contributed by atoms with van der Waals surface area (Å²) in [5, 5.41) is 19.4. The SMILES string of the molecule is CCCC(O)CCC(C)(O)C(C)C. The van der Waals surface area contributed by atoms with Gasteiger partial charge in [-0.15, -0.1) is 0 Å². The second kappa shape index (κ2) is 5.61. The Hall–Kier alpha value is -0.0800. The van der Waals surface area contributed by atoms with Gasteiger partial charge in [-0.25, -0.2) is 0 Å². The summed E-state index contributed by atoms with van der Waals surface area (Å²) >= 11 is 0. The van der Waals surface area contributed by atoms with Crippen molar-refractivity contribution in [3.63, 3.8) is 0 Å². The molecule has 2 N–H and O–H groups in total. The molecule has 0 rings (SSSR count). The summed E-state index contributed by atoms with van der Waals surface area (Å²) in [4.78, 5) is 0. The maximum Gasteiger partial charge on any atom is 0.0643 e. The molecule has 2 nitrogen and oxygen atoms in total. The summed E-state index contributed by atoms with van der Waals surface area (Å²) in [6.45, 7) is 7.92. The third-order valence-corrected chi connectivity index (χ3v) is 2.85. The molecule has 2 heteroatoms. The van der Waals surface area contributed by atoms with Crippen LogP contribution in [-0.4, -0.2) is 21.9 Å². The van der Waals surface area contributed by atoms with Gasteiger partial charge in [0.25, 0.3) is 0 Å². The standard InChI is InChI=1S/C11H24O2/c1-5-6-10(12)7-8-11(4,13)9(2)3/h9-10,12-13H,5-8H2,1-4H3. The van der Waals surface area contributed by atoms with Gasteiger partial charge in [0.15, 0.2) is 0 Å². The molecule has 0 aromatic carbocycles. The number of rotatable bonds is 6. The molecule has 0 spiro atoms. The maximum atomic E-state index is 9.90. The van der Waals surface area contributed by atoms with Crippen molar-refractivity contribution in [2.24, 2.45) is 5.92 Å². The number of aliphatic hydroxyl groups is 2. The highest BCUT2D eigenvalue weighted by molar-refractivity contribution is 4.77. The summed E-state index contributed by atoms with van der Waals surface area (Å²) in [7, 11) is 0. The van der Waals surface area contributed by atoms with Gasteiger partial charge in [-0.3, -0.25) is 0 Å². The Morgan fingerprint density at radius 2 is 1.77 bits per heavy atom. The first kappa shape index (κ1) is 12.9. The van der Waals surface area contributed by atoms with E-state index in [1.165, 1.54) is 0 Å². The van der Waals surface area contributed by atoms with Crippen LogP contribution < -0.4 is 0 Å². The molecule has 0 radical (unpaired) electrons. The van der Waals surface area contributed by atoms with Crippen LogP contribution in [0.5, 0.6) is 0 Å². The minimum atomic E-state index is -0.630. The van der Waals surface area contributed by atoms with Gasteiger partial charge in [0, 0.05) is 0 Å². The normalized spacial score (nSPS) is 18.7. The maximum absolute atomic E-state index is 9.90. The molecule has 0 heterocycles. The lowest BCUT2D eigenvalue weighted by atomic mass is 9.86. The van der Waals surface area contributed by atoms with Gasteiger partial charge in [0.1, 0.15) is 0 Å². The highest BCUT2D eigenvalue weighted by Crippen LogP contribution is 2.23. The summed E-state index contributed by atoms with van der Waals surface area (Å²) in [6, 6.07) is 0. The van der Waals surface area contributed by atoms with E-state index < -0.39 is 5.60 Å². The zero-order chi connectivity index (χ0) is 10.5. The summed E-state index contributed by atoms with van der Waals surface area (Å²) in [6.07, 6.45) is 3.00. The Morgan fingerprint density at radius 1 is 1.23 bits per heavy atom. The molecule has 2 unspecified atom stereocenters. The summed E-state index contributed by atoms with van der Waals surface area (Å²) < 4.78 is 0. The number of aliphatic hydroxyl groups excluding tert-OH is 1. The van der Waals surface area contributed by atoms with E-state index in [4.69, 9.17) is 0 Å². The Morgan fingerprint density at radius 3 is 2.15 bits per heavy atom. The third kappa shape index (κ3) is 5.27. The average molecular weight is 188 g/mol. The first-order chi connectivity index (χ1) is 5.90. The second-order valence-electron chi connectivity index (χ2n) is 4.49. The Balaban J connectivity index is 3.74. The third-order valence-electron chi connectivity index (χ3n) is 2.85. The molecular weight excluding hydrogens is 164 g/mol. The lowest BCUT2D eigenvalue weighted by molar-refractivity contribution is -0.00829. The molecule has 13 heavy (non-hydrogen) atoms. The van der Waals surface area contributed by atoms with E-state index in [9.17, 15) is 10.2 Å². The molecule has 0 bridgehead atoms. The molecule has 80 valence electrons. The van der Waals surface area contributed by atoms with Gasteiger partial charge in [-0.05, 0) is 32.1 Å². The predicted octanol–water partition coefficient (Wildman–Crippen LogP) is 2.33.